The fourth-order valence-corrected chi connectivity index (χ4v) is 4.24. The van der Waals surface area contributed by atoms with Crippen molar-refractivity contribution >= 4 is 29.0 Å². The Labute approximate surface area is 213 Å². The van der Waals surface area contributed by atoms with Gasteiger partial charge < -0.3 is 10.4 Å². The standard InChI is InChI=1S/C22H14ClF6N7O2/c1-20(9-2-3-10(23)11(24)6-9)14-16(35-19(20)38)33-15(34-18(14)37)13-7-36-17(30-8-31-36)12(32-13)4-5-21(25,26)22(27,28)29/h2-3,6-8H,4-5H2,1H3,(H2,33,34,35,37,38). The molecule has 4 aromatic rings. The molecule has 1 unspecified atom stereocenters. The number of anilines is 1. The van der Waals surface area contributed by atoms with Crippen molar-refractivity contribution in [3.05, 3.63) is 58.4 Å². The first kappa shape index (κ1) is 25.6. The van der Waals surface area contributed by atoms with Crippen LogP contribution in [0, 0.1) is 5.82 Å². The number of nitrogens with one attached hydrogen (secondary N) is 1. The summed E-state index contributed by atoms with van der Waals surface area (Å²) in [7, 11) is 0. The number of aromatic hydroxyl groups is 1. The van der Waals surface area contributed by atoms with Gasteiger partial charge in [0.1, 0.15) is 29.1 Å². The van der Waals surface area contributed by atoms with Crippen molar-refractivity contribution in [3.63, 3.8) is 0 Å². The smallest absolute Gasteiger partial charge is 0.453 e. The Kier molecular flexibility index (Phi) is 5.74. The molecule has 0 bridgehead atoms. The summed E-state index contributed by atoms with van der Waals surface area (Å²) in [4.78, 5) is 29.1. The summed E-state index contributed by atoms with van der Waals surface area (Å²) >= 11 is 5.74. The van der Waals surface area contributed by atoms with Crippen molar-refractivity contribution in [1.82, 2.24) is 29.5 Å². The SMILES string of the molecule is CC1(c2ccc(Cl)c(F)c2)C(=O)Nc2nc(-c3cn4ncnc4c(CCC(F)(F)C(F)(F)F)n3)nc(O)c21. The van der Waals surface area contributed by atoms with E-state index in [1.165, 1.54) is 25.3 Å². The summed E-state index contributed by atoms with van der Waals surface area (Å²) in [5.74, 6) is -7.54. The van der Waals surface area contributed by atoms with Crippen LogP contribution in [0.15, 0.2) is 30.7 Å². The van der Waals surface area contributed by atoms with Crippen LogP contribution in [0.1, 0.15) is 30.2 Å². The Morgan fingerprint density at radius 3 is 2.58 bits per heavy atom. The third-order valence-corrected chi connectivity index (χ3v) is 6.53. The number of rotatable bonds is 5. The molecule has 198 valence electrons. The van der Waals surface area contributed by atoms with Gasteiger partial charge in [-0.1, -0.05) is 17.7 Å². The van der Waals surface area contributed by atoms with Gasteiger partial charge in [0.15, 0.2) is 11.5 Å². The van der Waals surface area contributed by atoms with E-state index in [0.29, 0.717) is 0 Å². The first-order chi connectivity index (χ1) is 17.7. The van der Waals surface area contributed by atoms with E-state index in [9.17, 15) is 36.2 Å². The van der Waals surface area contributed by atoms with Crippen LogP contribution in [0.4, 0.5) is 32.2 Å². The zero-order chi connectivity index (χ0) is 27.6. The minimum absolute atomic E-state index is 0.0669. The predicted octanol–water partition coefficient (Wildman–Crippen LogP) is 4.47. The Balaban J connectivity index is 1.57. The normalized spacial score (nSPS) is 17.6. The number of halogens is 7. The van der Waals surface area contributed by atoms with Crippen LogP contribution in [0.25, 0.3) is 17.2 Å². The highest BCUT2D eigenvalue weighted by atomic mass is 35.5. The van der Waals surface area contributed by atoms with Crippen LogP contribution in [-0.2, 0) is 16.6 Å². The molecule has 1 aromatic carbocycles. The molecule has 1 aliphatic heterocycles. The lowest BCUT2D eigenvalue weighted by atomic mass is 9.78. The summed E-state index contributed by atoms with van der Waals surface area (Å²) in [5, 5.41) is 17.0. The Morgan fingerprint density at radius 1 is 1.16 bits per heavy atom. The number of aryl methyl sites for hydroxylation is 1. The Bertz CT molecular complexity index is 1610. The van der Waals surface area contributed by atoms with Crippen LogP contribution in [0.3, 0.4) is 0 Å². The zero-order valence-corrected chi connectivity index (χ0v) is 19.7. The second-order valence-corrected chi connectivity index (χ2v) is 9.01. The molecule has 0 fully saturated rings. The predicted molar refractivity (Wildman–Crippen MR) is 119 cm³/mol. The quantitative estimate of drug-likeness (QED) is 0.348. The maximum absolute atomic E-state index is 14.1. The number of amides is 1. The average Bonchev–Trinajstić information content (AvgIpc) is 3.41. The number of nitrogens with zero attached hydrogens (tertiary/aromatic N) is 6. The molecule has 1 aliphatic rings. The van der Waals surface area contributed by atoms with Crippen LogP contribution in [-0.4, -0.2) is 52.7 Å². The van der Waals surface area contributed by atoms with E-state index in [0.717, 1.165) is 16.9 Å². The number of hydrogen-bond donors (Lipinski definition) is 2. The number of fused-ring (bicyclic) bond motifs is 2. The van der Waals surface area contributed by atoms with Crippen LogP contribution in [0.2, 0.25) is 5.02 Å². The molecule has 0 saturated heterocycles. The summed E-state index contributed by atoms with van der Waals surface area (Å²) in [6, 6.07) is 3.68. The highest BCUT2D eigenvalue weighted by Gasteiger charge is 2.56. The van der Waals surface area contributed by atoms with Crippen LogP contribution in [0.5, 0.6) is 5.88 Å². The van der Waals surface area contributed by atoms with E-state index in [4.69, 9.17) is 11.6 Å². The van der Waals surface area contributed by atoms with Crippen molar-refractivity contribution in [3.8, 4) is 17.4 Å². The molecule has 2 N–H and O–H groups in total. The summed E-state index contributed by atoms with van der Waals surface area (Å²) in [5.41, 5.74) is -2.01. The minimum atomic E-state index is -5.75. The van der Waals surface area contributed by atoms with Crippen LogP contribution >= 0.6 is 11.6 Å². The van der Waals surface area contributed by atoms with E-state index in [1.807, 2.05) is 0 Å². The fourth-order valence-electron chi connectivity index (χ4n) is 4.13. The zero-order valence-electron chi connectivity index (χ0n) is 19.0. The second-order valence-electron chi connectivity index (χ2n) is 8.61. The fraction of sp³-hybridized carbons (Fsp3) is 0.273. The number of hydrogen-bond acceptors (Lipinski definition) is 7. The van der Waals surface area contributed by atoms with E-state index in [1.54, 1.807) is 0 Å². The summed E-state index contributed by atoms with van der Waals surface area (Å²) < 4.78 is 80.3. The lowest BCUT2D eigenvalue weighted by Gasteiger charge is -2.23. The highest BCUT2D eigenvalue weighted by Crippen LogP contribution is 2.46. The maximum Gasteiger partial charge on any atom is 0.453 e. The molecule has 16 heteroatoms. The largest absolute Gasteiger partial charge is 0.493 e. The number of benzene rings is 1. The molecular weight excluding hydrogens is 544 g/mol. The topological polar surface area (TPSA) is 118 Å². The Morgan fingerprint density at radius 2 is 1.89 bits per heavy atom. The molecule has 0 radical (unpaired) electrons. The molecule has 0 spiro atoms. The third kappa shape index (κ3) is 3.97. The second kappa shape index (κ2) is 8.51. The van der Waals surface area contributed by atoms with Gasteiger partial charge >= 0.3 is 12.1 Å². The minimum Gasteiger partial charge on any atom is -0.493 e. The maximum atomic E-state index is 14.1. The number of aromatic nitrogens is 6. The molecule has 0 aliphatic carbocycles. The van der Waals surface area contributed by atoms with Gasteiger partial charge in [0.2, 0.25) is 11.8 Å². The average molecular weight is 558 g/mol. The van der Waals surface area contributed by atoms with Gasteiger partial charge in [0, 0.05) is 6.42 Å². The first-order valence-electron chi connectivity index (χ1n) is 10.7. The lowest BCUT2D eigenvalue weighted by molar-refractivity contribution is -0.284. The summed E-state index contributed by atoms with van der Waals surface area (Å²) in [6.07, 6.45) is -5.90. The van der Waals surface area contributed by atoms with Gasteiger partial charge in [0.25, 0.3) is 0 Å². The van der Waals surface area contributed by atoms with Crippen molar-refractivity contribution in [1.29, 1.82) is 0 Å². The molecule has 5 rings (SSSR count). The molecule has 0 saturated carbocycles. The van der Waals surface area contributed by atoms with Crippen molar-refractivity contribution in [2.75, 3.05) is 5.32 Å². The molecule has 9 nitrogen and oxygen atoms in total. The molecule has 1 atom stereocenters. The van der Waals surface area contributed by atoms with Gasteiger partial charge in [-0.3, -0.25) is 4.79 Å². The third-order valence-electron chi connectivity index (χ3n) is 6.22. The van der Waals surface area contributed by atoms with Gasteiger partial charge in [-0.25, -0.2) is 23.9 Å². The molecule has 4 heterocycles. The van der Waals surface area contributed by atoms with E-state index < -0.39 is 48.0 Å². The number of alkyl halides is 5. The highest BCUT2D eigenvalue weighted by molar-refractivity contribution is 6.30. The van der Waals surface area contributed by atoms with Crippen molar-refractivity contribution < 1.29 is 36.2 Å². The van der Waals surface area contributed by atoms with Gasteiger partial charge in [-0.05, 0) is 31.0 Å². The van der Waals surface area contributed by atoms with Crippen molar-refractivity contribution in [2.45, 2.75) is 37.3 Å². The van der Waals surface area contributed by atoms with Gasteiger partial charge in [-0.2, -0.15) is 32.0 Å². The molecule has 1 amide bonds. The monoisotopic (exact) mass is 557 g/mol. The van der Waals surface area contributed by atoms with Gasteiger partial charge in [0.05, 0.1) is 22.5 Å². The van der Waals surface area contributed by atoms with E-state index >= 15 is 0 Å². The van der Waals surface area contributed by atoms with Gasteiger partial charge in [-0.15, -0.1) is 0 Å². The van der Waals surface area contributed by atoms with Crippen LogP contribution < -0.4 is 5.32 Å². The molecular formula is C22H14ClF6N7O2. The number of carbonyl (C=O) groups is 1. The van der Waals surface area contributed by atoms with Crippen molar-refractivity contribution in [2.24, 2.45) is 0 Å². The molecule has 38 heavy (non-hydrogen) atoms. The number of carbonyl (C=O) groups excluding carboxylic acids is 1. The Hall–Kier alpha value is -4.01. The van der Waals surface area contributed by atoms with E-state index in [2.05, 4.69) is 30.4 Å². The first-order valence-corrected chi connectivity index (χ1v) is 11.1. The lowest BCUT2D eigenvalue weighted by Crippen LogP contribution is -2.36. The molecule has 3 aromatic heterocycles. The summed E-state index contributed by atoms with van der Waals surface area (Å²) in [6.45, 7) is 1.41. The van der Waals surface area contributed by atoms with E-state index in [-0.39, 0.29) is 44.8 Å².